The number of furan rings is 1. The predicted octanol–water partition coefficient (Wildman–Crippen LogP) is 1.53. The Morgan fingerprint density at radius 3 is 2.50 bits per heavy atom. The van der Waals surface area contributed by atoms with Gasteiger partial charge in [0.25, 0.3) is 0 Å². The van der Waals surface area contributed by atoms with Crippen molar-refractivity contribution in [3.63, 3.8) is 0 Å². The Kier molecular flexibility index (Phi) is 2.78. The first-order valence-corrected chi connectivity index (χ1v) is 6.86. The van der Waals surface area contributed by atoms with Crippen LogP contribution in [0.1, 0.15) is 10.4 Å². The number of hydrogen-bond acceptors (Lipinski definition) is 4. The Morgan fingerprint density at radius 1 is 1.33 bits per heavy atom. The van der Waals surface area contributed by atoms with Crippen molar-refractivity contribution in [3.8, 4) is 0 Å². The van der Waals surface area contributed by atoms with Crippen LogP contribution < -0.4 is 4.31 Å². The molecular weight excluding hydrogens is 258 g/mol. The van der Waals surface area contributed by atoms with Gasteiger partial charge >= 0.3 is 5.97 Å². The lowest BCUT2D eigenvalue weighted by Crippen LogP contribution is -2.25. The summed E-state index contributed by atoms with van der Waals surface area (Å²) in [6, 6.07) is 6.50. The van der Waals surface area contributed by atoms with Gasteiger partial charge in [0.15, 0.2) is 0 Å². The van der Waals surface area contributed by atoms with Crippen LogP contribution in [0.3, 0.4) is 0 Å². The summed E-state index contributed by atoms with van der Waals surface area (Å²) in [7, 11) is -2.33. The fourth-order valence-electron chi connectivity index (χ4n) is 1.61. The third-order valence-electron chi connectivity index (χ3n) is 2.57. The predicted molar refractivity (Wildman–Crippen MR) is 66.4 cm³/mol. The number of hydrogen-bond donors (Lipinski definition) is 1. The third-order valence-corrected chi connectivity index (χ3v) is 3.73. The first-order chi connectivity index (χ1) is 8.32. The molecule has 0 aliphatic heterocycles. The van der Waals surface area contributed by atoms with Gasteiger partial charge < -0.3 is 9.52 Å². The standard InChI is InChI=1S/C11H11NO5S/c1-12(18(2,15)16)10-9(11(13)14)7-5-3-4-6-8(7)17-10/h3-6H,1-2H3,(H,13,14). The molecule has 0 fully saturated rings. The fourth-order valence-corrected chi connectivity index (χ4v) is 2.04. The van der Waals surface area contributed by atoms with Crippen LogP contribution in [-0.2, 0) is 10.0 Å². The summed E-state index contributed by atoms with van der Waals surface area (Å²) < 4.78 is 29.0. The third kappa shape index (κ3) is 1.92. The number of carboxylic acids is 1. The highest BCUT2D eigenvalue weighted by atomic mass is 32.2. The van der Waals surface area contributed by atoms with Crippen LogP contribution in [0.2, 0.25) is 0 Å². The van der Waals surface area contributed by atoms with Crippen LogP contribution in [0.4, 0.5) is 5.88 Å². The molecule has 1 heterocycles. The molecule has 96 valence electrons. The molecular formula is C11H11NO5S. The lowest BCUT2D eigenvalue weighted by molar-refractivity contribution is 0.0699. The quantitative estimate of drug-likeness (QED) is 0.912. The van der Waals surface area contributed by atoms with E-state index in [2.05, 4.69) is 0 Å². The number of carboxylic acid groups (broad SMARTS) is 1. The molecule has 1 aromatic heterocycles. The summed E-state index contributed by atoms with van der Waals surface area (Å²) in [6.07, 6.45) is 0.978. The van der Waals surface area contributed by atoms with Crippen LogP contribution >= 0.6 is 0 Å². The summed E-state index contributed by atoms with van der Waals surface area (Å²) >= 11 is 0. The highest BCUT2D eigenvalue weighted by molar-refractivity contribution is 7.92. The van der Waals surface area contributed by atoms with E-state index in [9.17, 15) is 18.3 Å². The Balaban J connectivity index is 2.79. The number of benzene rings is 1. The molecule has 0 amide bonds. The molecule has 2 rings (SSSR count). The molecule has 0 saturated carbocycles. The zero-order chi connectivity index (χ0) is 13.5. The number of rotatable bonds is 3. The fraction of sp³-hybridized carbons (Fsp3) is 0.182. The maximum absolute atomic E-state index is 11.5. The molecule has 0 radical (unpaired) electrons. The number of para-hydroxylation sites is 1. The van der Waals surface area contributed by atoms with E-state index in [0.29, 0.717) is 11.0 Å². The van der Waals surface area contributed by atoms with Gasteiger partial charge in [0, 0.05) is 12.4 Å². The van der Waals surface area contributed by atoms with Gasteiger partial charge in [-0.25, -0.2) is 17.5 Å². The highest BCUT2D eigenvalue weighted by Crippen LogP contribution is 2.32. The second kappa shape index (κ2) is 4.02. The molecule has 18 heavy (non-hydrogen) atoms. The Bertz CT molecular complexity index is 716. The van der Waals surface area contributed by atoms with Crippen molar-refractivity contribution in [1.29, 1.82) is 0 Å². The number of anilines is 1. The van der Waals surface area contributed by atoms with E-state index in [1.807, 2.05) is 0 Å². The molecule has 1 aromatic carbocycles. The lowest BCUT2D eigenvalue weighted by atomic mass is 10.1. The number of fused-ring (bicyclic) bond motifs is 1. The molecule has 0 atom stereocenters. The maximum atomic E-state index is 11.5. The second-order valence-corrected chi connectivity index (χ2v) is 5.83. The smallest absolute Gasteiger partial charge is 0.341 e. The van der Waals surface area contributed by atoms with Crippen LogP contribution in [0.15, 0.2) is 28.7 Å². The van der Waals surface area contributed by atoms with E-state index in [-0.39, 0.29) is 11.4 Å². The summed E-state index contributed by atoms with van der Waals surface area (Å²) in [5, 5.41) is 9.56. The van der Waals surface area contributed by atoms with E-state index in [0.717, 1.165) is 10.6 Å². The summed E-state index contributed by atoms with van der Waals surface area (Å²) in [5.41, 5.74) is 0.180. The lowest BCUT2D eigenvalue weighted by Gasteiger charge is -2.13. The average molecular weight is 269 g/mol. The van der Waals surface area contributed by atoms with Crippen LogP contribution in [0, 0.1) is 0 Å². The van der Waals surface area contributed by atoms with E-state index in [1.54, 1.807) is 24.3 Å². The molecule has 0 aliphatic carbocycles. The monoisotopic (exact) mass is 269 g/mol. The largest absolute Gasteiger partial charge is 0.477 e. The number of carbonyl (C=O) groups is 1. The molecule has 0 spiro atoms. The van der Waals surface area contributed by atoms with Crippen LogP contribution in [0.25, 0.3) is 11.0 Å². The van der Waals surface area contributed by atoms with Crippen LogP contribution in [-0.4, -0.2) is 32.8 Å². The van der Waals surface area contributed by atoms with Crippen molar-refractivity contribution in [2.24, 2.45) is 0 Å². The van der Waals surface area contributed by atoms with E-state index >= 15 is 0 Å². The molecule has 6 nitrogen and oxygen atoms in total. The Labute approximate surface area is 103 Å². The van der Waals surface area contributed by atoms with Gasteiger partial charge in [0.05, 0.1) is 6.26 Å². The van der Waals surface area contributed by atoms with Gasteiger partial charge in [-0.15, -0.1) is 0 Å². The normalized spacial score (nSPS) is 11.7. The van der Waals surface area contributed by atoms with Gasteiger partial charge in [-0.1, -0.05) is 18.2 Å². The molecule has 7 heteroatoms. The molecule has 0 bridgehead atoms. The summed E-state index contributed by atoms with van der Waals surface area (Å²) in [4.78, 5) is 11.2. The number of nitrogens with zero attached hydrogens (tertiary/aromatic N) is 1. The zero-order valence-corrected chi connectivity index (χ0v) is 10.6. The summed E-state index contributed by atoms with van der Waals surface area (Å²) in [5.74, 6) is -1.42. The summed E-state index contributed by atoms with van der Waals surface area (Å²) in [6.45, 7) is 0. The van der Waals surface area contributed by atoms with Crippen molar-refractivity contribution in [1.82, 2.24) is 0 Å². The van der Waals surface area contributed by atoms with E-state index in [4.69, 9.17) is 4.42 Å². The molecule has 2 aromatic rings. The van der Waals surface area contributed by atoms with Gasteiger partial charge in [0.2, 0.25) is 15.9 Å². The van der Waals surface area contributed by atoms with E-state index < -0.39 is 16.0 Å². The first-order valence-electron chi connectivity index (χ1n) is 5.01. The minimum absolute atomic E-state index is 0.154. The van der Waals surface area contributed by atoms with E-state index in [1.165, 1.54) is 7.05 Å². The van der Waals surface area contributed by atoms with Crippen LogP contribution in [0.5, 0.6) is 0 Å². The second-order valence-electron chi connectivity index (χ2n) is 3.81. The van der Waals surface area contributed by atoms with Gasteiger partial charge in [-0.3, -0.25) is 0 Å². The first kappa shape index (κ1) is 12.4. The van der Waals surface area contributed by atoms with Gasteiger partial charge in [0.1, 0.15) is 11.1 Å². The number of sulfonamides is 1. The van der Waals surface area contributed by atoms with Gasteiger partial charge in [-0.05, 0) is 6.07 Å². The van der Waals surface area contributed by atoms with Crippen molar-refractivity contribution < 1.29 is 22.7 Å². The highest BCUT2D eigenvalue weighted by Gasteiger charge is 2.26. The molecule has 0 aliphatic rings. The van der Waals surface area contributed by atoms with Crippen molar-refractivity contribution in [2.45, 2.75) is 0 Å². The molecule has 0 unspecified atom stereocenters. The topological polar surface area (TPSA) is 87.8 Å². The maximum Gasteiger partial charge on any atom is 0.341 e. The Hall–Kier alpha value is -2.02. The Morgan fingerprint density at radius 2 is 1.94 bits per heavy atom. The minimum atomic E-state index is -3.58. The van der Waals surface area contributed by atoms with Crippen molar-refractivity contribution >= 4 is 32.8 Å². The average Bonchev–Trinajstić information content (AvgIpc) is 2.65. The zero-order valence-electron chi connectivity index (χ0n) is 9.75. The minimum Gasteiger partial charge on any atom is -0.477 e. The van der Waals surface area contributed by atoms with Crippen molar-refractivity contribution in [2.75, 3.05) is 17.6 Å². The molecule has 1 N–H and O–H groups in total. The van der Waals surface area contributed by atoms with Gasteiger partial charge in [-0.2, -0.15) is 0 Å². The molecule has 0 saturated heterocycles. The SMILES string of the molecule is CN(c1oc2ccccc2c1C(=O)O)S(C)(=O)=O. The van der Waals surface area contributed by atoms with Crippen molar-refractivity contribution in [3.05, 3.63) is 29.8 Å². The number of aromatic carboxylic acids is 1.